The average Bonchev–Trinajstić information content (AvgIpc) is 2.38. The molecule has 0 unspecified atom stereocenters. The Balaban J connectivity index is 1.96. The van der Waals surface area contributed by atoms with E-state index < -0.39 is 17.6 Å². The lowest BCUT2D eigenvalue weighted by Gasteiger charge is -2.38. The summed E-state index contributed by atoms with van der Waals surface area (Å²) in [6.45, 7) is 2.10. The Kier molecular flexibility index (Phi) is 4.43. The standard InChI is InChI=1S/C16H22F3N/c1-2-12-3-5-13(6-4-12)11-15(20)9-7-14(8-10-15)16(17,18)19/h3-6,14H,2,7-11,20H2,1H3. The summed E-state index contributed by atoms with van der Waals surface area (Å²) >= 11 is 0. The highest BCUT2D eigenvalue weighted by Gasteiger charge is 2.44. The minimum atomic E-state index is -4.07. The van der Waals surface area contributed by atoms with Gasteiger partial charge < -0.3 is 5.73 Å². The number of rotatable bonds is 3. The van der Waals surface area contributed by atoms with Crippen molar-refractivity contribution in [2.75, 3.05) is 0 Å². The Morgan fingerprint density at radius 2 is 1.60 bits per heavy atom. The van der Waals surface area contributed by atoms with Gasteiger partial charge in [0.1, 0.15) is 0 Å². The van der Waals surface area contributed by atoms with Gasteiger partial charge in [-0.05, 0) is 49.7 Å². The summed E-state index contributed by atoms with van der Waals surface area (Å²) in [4.78, 5) is 0. The molecule has 0 spiro atoms. The zero-order valence-electron chi connectivity index (χ0n) is 11.8. The van der Waals surface area contributed by atoms with E-state index in [9.17, 15) is 13.2 Å². The van der Waals surface area contributed by atoms with Crippen molar-refractivity contribution in [2.24, 2.45) is 11.7 Å². The fraction of sp³-hybridized carbons (Fsp3) is 0.625. The van der Waals surface area contributed by atoms with E-state index in [1.54, 1.807) is 0 Å². The minimum Gasteiger partial charge on any atom is -0.325 e. The van der Waals surface area contributed by atoms with Gasteiger partial charge in [-0.1, -0.05) is 31.2 Å². The molecule has 1 aliphatic rings. The second-order valence-electron chi connectivity index (χ2n) is 6.03. The van der Waals surface area contributed by atoms with Crippen LogP contribution in [0.1, 0.15) is 43.7 Å². The van der Waals surface area contributed by atoms with Gasteiger partial charge >= 0.3 is 6.18 Å². The fourth-order valence-electron chi connectivity index (χ4n) is 3.00. The zero-order chi connectivity index (χ0) is 14.8. The molecule has 1 fully saturated rings. The van der Waals surface area contributed by atoms with Crippen LogP contribution in [0.2, 0.25) is 0 Å². The van der Waals surface area contributed by atoms with E-state index in [1.807, 2.05) is 12.1 Å². The smallest absolute Gasteiger partial charge is 0.325 e. The first kappa shape index (κ1) is 15.4. The summed E-state index contributed by atoms with van der Waals surface area (Å²) in [6, 6.07) is 8.23. The number of halogens is 3. The van der Waals surface area contributed by atoms with Gasteiger partial charge in [-0.3, -0.25) is 0 Å². The molecule has 1 aliphatic carbocycles. The molecular formula is C16H22F3N. The summed E-state index contributed by atoms with van der Waals surface area (Å²) < 4.78 is 38.0. The highest BCUT2D eigenvalue weighted by molar-refractivity contribution is 5.24. The van der Waals surface area contributed by atoms with Gasteiger partial charge in [0.15, 0.2) is 0 Å². The molecule has 0 bridgehead atoms. The third-order valence-electron chi connectivity index (χ3n) is 4.43. The van der Waals surface area contributed by atoms with Gasteiger partial charge in [0.05, 0.1) is 5.92 Å². The van der Waals surface area contributed by atoms with Gasteiger partial charge in [-0.2, -0.15) is 13.2 Å². The molecular weight excluding hydrogens is 263 g/mol. The largest absolute Gasteiger partial charge is 0.391 e. The van der Waals surface area contributed by atoms with E-state index in [0.717, 1.165) is 12.0 Å². The predicted molar refractivity (Wildman–Crippen MR) is 74.5 cm³/mol. The second-order valence-corrected chi connectivity index (χ2v) is 6.03. The average molecular weight is 285 g/mol. The molecule has 0 aliphatic heterocycles. The number of nitrogens with two attached hydrogens (primary N) is 1. The first-order valence-corrected chi connectivity index (χ1v) is 7.26. The monoisotopic (exact) mass is 285 g/mol. The topological polar surface area (TPSA) is 26.0 Å². The van der Waals surface area contributed by atoms with Crippen molar-refractivity contribution in [1.82, 2.24) is 0 Å². The van der Waals surface area contributed by atoms with Crippen molar-refractivity contribution >= 4 is 0 Å². The van der Waals surface area contributed by atoms with Crippen LogP contribution in [0.25, 0.3) is 0 Å². The van der Waals surface area contributed by atoms with Crippen LogP contribution < -0.4 is 5.73 Å². The van der Waals surface area contributed by atoms with Crippen LogP contribution in [0.3, 0.4) is 0 Å². The third-order valence-corrected chi connectivity index (χ3v) is 4.43. The van der Waals surface area contributed by atoms with Crippen molar-refractivity contribution in [3.8, 4) is 0 Å². The molecule has 4 heteroatoms. The molecule has 1 nitrogen and oxygen atoms in total. The first-order valence-electron chi connectivity index (χ1n) is 7.26. The van der Waals surface area contributed by atoms with Crippen molar-refractivity contribution in [2.45, 2.75) is 57.2 Å². The van der Waals surface area contributed by atoms with Crippen molar-refractivity contribution in [3.05, 3.63) is 35.4 Å². The molecule has 1 saturated carbocycles. The molecule has 1 aromatic rings. The number of alkyl halides is 3. The number of hydrogen-bond donors (Lipinski definition) is 1. The van der Waals surface area contributed by atoms with E-state index >= 15 is 0 Å². The molecule has 0 saturated heterocycles. The number of aryl methyl sites for hydroxylation is 1. The molecule has 0 radical (unpaired) electrons. The van der Waals surface area contributed by atoms with Crippen LogP contribution in [0.4, 0.5) is 13.2 Å². The second kappa shape index (κ2) is 5.76. The van der Waals surface area contributed by atoms with E-state index in [-0.39, 0.29) is 12.8 Å². The Morgan fingerprint density at radius 1 is 1.10 bits per heavy atom. The van der Waals surface area contributed by atoms with Crippen LogP contribution >= 0.6 is 0 Å². The molecule has 1 aromatic carbocycles. The Morgan fingerprint density at radius 3 is 2.05 bits per heavy atom. The van der Waals surface area contributed by atoms with Crippen LogP contribution in [0.15, 0.2) is 24.3 Å². The van der Waals surface area contributed by atoms with Gasteiger partial charge in [0.2, 0.25) is 0 Å². The maximum atomic E-state index is 12.7. The van der Waals surface area contributed by atoms with Crippen LogP contribution in [-0.2, 0) is 12.8 Å². The number of hydrogen-bond acceptors (Lipinski definition) is 1. The lowest BCUT2D eigenvalue weighted by atomic mass is 9.74. The molecule has 0 amide bonds. The highest BCUT2D eigenvalue weighted by Crippen LogP contribution is 2.41. The Hall–Kier alpha value is -1.03. The highest BCUT2D eigenvalue weighted by atomic mass is 19.4. The normalized spacial score (nSPS) is 27.6. The predicted octanol–water partition coefficient (Wildman–Crippen LogP) is 4.24. The quantitative estimate of drug-likeness (QED) is 0.883. The zero-order valence-corrected chi connectivity index (χ0v) is 11.8. The molecule has 20 heavy (non-hydrogen) atoms. The van der Waals surface area contributed by atoms with Crippen molar-refractivity contribution in [1.29, 1.82) is 0 Å². The molecule has 0 heterocycles. The maximum Gasteiger partial charge on any atom is 0.391 e. The first-order chi connectivity index (χ1) is 9.32. The van der Waals surface area contributed by atoms with Gasteiger partial charge in [0, 0.05) is 5.54 Å². The van der Waals surface area contributed by atoms with E-state index in [4.69, 9.17) is 5.73 Å². The maximum absolute atomic E-state index is 12.7. The molecule has 112 valence electrons. The van der Waals surface area contributed by atoms with E-state index in [1.165, 1.54) is 5.56 Å². The molecule has 2 rings (SSSR count). The summed E-state index contributed by atoms with van der Waals surface area (Å²) in [7, 11) is 0. The van der Waals surface area contributed by atoms with Gasteiger partial charge in [-0.25, -0.2) is 0 Å². The van der Waals surface area contributed by atoms with Crippen molar-refractivity contribution < 1.29 is 13.2 Å². The van der Waals surface area contributed by atoms with E-state index in [0.29, 0.717) is 19.3 Å². The summed E-state index contributed by atoms with van der Waals surface area (Å²) in [5.41, 5.74) is 8.21. The lowest BCUT2D eigenvalue weighted by Crippen LogP contribution is -2.47. The van der Waals surface area contributed by atoms with Gasteiger partial charge in [-0.15, -0.1) is 0 Å². The van der Waals surface area contributed by atoms with Crippen molar-refractivity contribution in [3.63, 3.8) is 0 Å². The summed E-state index contributed by atoms with van der Waals surface area (Å²) in [5.74, 6) is -1.17. The number of benzene rings is 1. The molecule has 2 N–H and O–H groups in total. The van der Waals surface area contributed by atoms with Crippen LogP contribution in [0.5, 0.6) is 0 Å². The lowest BCUT2D eigenvalue weighted by molar-refractivity contribution is -0.184. The molecule has 0 atom stereocenters. The Bertz CT molecular complexity index is 428. The molecule has 0 aromatic heterocycles. The fourth-order valence-corrected chi connectivity index (χ4v) is 3.00. The van der Waals surface area contributed by atoms with Crippen LogP contribution in [-0.4, -0.2) is 11.7 Å². The SMILES string of the molecule is CCc1ccc(CC2(N)CCC(C(F)(F)F)CC2)cc1. The minimum absolute atomic E-state index is 0.160. The van der Waals surface area contributed by atoms with Crippen LogP contribution in [0, 0.1) is 5.92 Å². The van der Waals surface area contributed by atoms with E-state index in [2.05, 4.69) is 19.1 Å². The Labute approximate surface area is 118 Å². The van der Waals surface area contributed by atoms with Gasteiger partial charge in [0.25, 0.3) is 0 Å². The summed E-state index contributed by atoms with van der Waals surface area (Å²) in [5, 5.41) is 0. The summed E-state index contributed by atoms with van der Waals surface area (Å²) in [6.07, 6.45) is -1.19. The third kappa shape index (κ3) is 3.75.